The highest BCUT2D eigenvalue weighted by atomic mass is 16.6. The molecule has 0 N–H and O–H groups in total. The number of unbranched alkanes of at least 4 members (excludes halogenated alkanes) is 11. The number of hydrogen-bond acceptors (Lipinski definition) is 4. The van der Waals surface area contributed by atoms with Gasteiger partial charge in [0.15, 0.2) is 5.78 Å². The molecule has 0 saturated carbocycles. The van der Waals surface area contributed by atoms with Gasteiger partial charge in [-0.3, -0.25) is 4.79 Å². The highest BCUT2D eigenvalue weighted by molar-refractivity contribution is 6.04. The Kier molecular flexibility index (Phi) is 11.4. The van der Waals surface area contributed by atoms with Crippen molar-refractivity contribution in [1.29, 1.82) is 0 Å². The van der Waals surface area contributed by atoms with Crippen LogP contribution in [0.2, 0.25) is 0 Å². The Morgan fingerprint density at radius 2 is 1.14 bits per heavy atom. The van der Waals surface area contributed by atoms with Gasteiger partial charge in [-0.25, -0.2) is 4.79 Å². The molecule has 29 heavy (non-hydrogen) atoms. The van der Waals surface area contributed by atoms with Crippen LogP contribution in [0, 0.1) is 0 Å². The first-order chi connectivity index (χ1) is 14.2. The Balaban J connectivity index is 1.69. The Morgan fingerprint density at radius 3 is 1.69 bits per heavy atom. The molecule has 0 spiro atoms. The highest BCUT2D eigenvalue weighted by Gasteiger charge is 2.38. The molecule has 0 aliphatic carbocycles. The molecule has 166 valence electrons. The molecule has 0 aromatic carbocycles. The molecule has 0 radical (unpaired) electrons. The van der Waals surface area contributed by atoms with E-state index < -0.39 is 5.97 Å². The molecule has 0 unspecified atom stereocenters. The molecule has 4 nitrogen and oxygen atoms in total. The molecule has 2 atom stereocenters. The van der Waals surface area contributed by atoms with Crippen LogP contribution >= 0.6 is 0 Å². The van der Waals surface area contributed by atoms with E-state index >= 15 is 0 Å². The van der Waals surface area contributed by atoms with E-state index in [1.54, 1.807) is 0 Å². The number of esters is 1. The number of rotatable bonds is 15. The van der Waals surface area contributed by atoms with E-state index in [0.717, 1.165) is 25.7 Å². The summed E-state index contributed by atoms with van der Waals surface area (Å²) >= 11 is 0. The summed E-state index contributed by atoms with van der Waals surface area (Å²) in [6, 6.07) is 0. The SMILES string of the molecule is CCCCCCCCCC[C@@H]1CC2=C(O[C@H](CCCCCCC)CC2=O)C(=O)O1. The number of carbonyl (C=O) groups is 2. The Morgan fingerprint density at radius 1 is 0.655 bits per heavy atom. The van der Waals surface area contributed by atoms with Gasteiger partial charge < -0.3 is 9.47 Å². The van der Waals surface area contributed by atoms with Gasteiger partial charge in [0.1, 0.15) is 12.2 Å². The quantitative estimate of drug-likeness (QED) is 0.221. The molecule has 2 aliphatic rings. The third-order valence-corrected chi connectivity index (χ3v) is 6.21. The zero-order chi connectivity index (χ0) is 20.9. The van der Waals surface area contributed by atoms with Crippen LogP contribution in [-0.2, 0) is 19.1 Å². The summed E-state index contributed by atoms with van der Waals surface area (Å²) in [6.45, 7) is 4.44. The summed E-state index contributed by atoms with van der Waals surface area (Å²) in [5, 5.41) is 0. The van der Waals surface area contributed by atoms with Crippen molar-refractivity contribution in [2.45, 2.75) is 135 Å². The second-order valence-corrected chi connectivity index (χ2v) is 8.87. The molecule has 0 bridgehead atoms. The van der Waals surface area contributed by atoms with E-state index in [4.69, 9.17) is 9.47 Å². The second kappa shape index (κ2) is 13.8. The number of ketones is 1. The van der Waals surface area contributed by atoms with Crippen molar-refractivity contribution in [2.24, 2.45) is 0 Å². The lowest BCUT2D eigenvalue weighted by molar-refractivity contribution is -0.155. The normalized spacial score (nSPS) is 21.7. The average Bonchev–Trinajstić information content (AvgIpc) is 2.71. The van der Waals surface area contributed by atoms with Crippen LogP contribution in [0.3, 0.4) is 0 Å². The number of carbonyl (C=O) groups excluding carboxylic acids is 2. The molecule has 2 aliphatic heterocycles. The topological polar surface area (TPSA) is 52.6 Å². The lowest BCUT2D eigenvalue weighted by Gasteiger charge is -2.32. The number of cyclic esters (lactones) is 1. The van der Waals surface area contributed by atoms with E-state index in [1.165, 1.54) is 70.6 Å². The van der Waals surface area contributed by atoms with Gasteiger partial charge >= 0.3 is 5.97 Å². The van der Waals surface area contributed by atoms with Crippen LogP contribution < -0.4 is 0 Å². The monoisotopic (exact) mass is 406 g/mol. The fourth-order valence-electron chi connectivity index (χ4n) is 4.39. The largest absolute Gasteiger partial charge is 0.482 e. The van der Waals surface area contributed by atoms with Crippen molar-refractivity contribution < 1.29 is 19.1 Å². The van der Waals surface area contributed by atoms with E-state index in [9.17, 15) is 9.59 Å². The smallest absolute Gasteiger partial charge is 0.374 e. The predicted octanol–water partition coefficient (Wildman–Crippen LogP) is 6.81. The molecule has 0 amide bonds. The Labute approximate surface area is 177 Å². The first kappa shape index (κ1) is 24.0. The van der Waals surface area contributed by atoms with E-state index in [-0.39, 0.29) is 23.8 Å². The molecular formula is C25H42O4. The van der Waals surface area contributed by atoms with E-state index in [2.05, 4.69) is 13.8 Å². The maximum Gasteiger partial charge on any atom is 0.374 e. The molecule has 0 fully saturated rings. The minimum Gasteiger partial charge on any atom is -0.482 e. The summed E-state index contributed by atoms with van der Waals surface area (Å²) in [4.78, 5) is 25.0. The van der Waals surface area contributed by atoms with Gasteiger partial charge in [0.2, 0.25) is 5.76 Å². The zero-order valence-corrected chi connectivity index (χ0v) is 18.8. The highest BCUT2D eigenvalue weighted by Crippen LogP contribution is 2.33. The van der Waals surface area contributed by atoms with Gasteiger partial charge in [0.05, 0.1) is 0 Å². The number of ether oxygens (including phenoxy) is 2. The minimum atomic E-state index is -0.417. The number of hydrogen-bond donors (Lipinski definition) is 0. The summed E-state index contributed by atoms with van der Waals surface area (Å²) < 4.78 is 11.5. The van der Waals surface area contributed by atoms with Crippen molar-refractivity contribution >= 4 is 11.8 Å². The Bertz CT molecular complexity index is 537. The van der Waals surface area contributed by atoms with Gasteiger partial charge in [-0.05, 0) is 25.7 Å². The van der Waals surface area contributed by atoms with Crippen LogP contribution in [0.4, 0.5) is 0 Å². The molecule has 0 saturated heterocycles. The summed E-state index contributed by atoms with van der Waals surface area (Å²) in [5.74, 6) is -0.103. The molecule has 4 heteroatoms. The summed E-state index contributed by atoms with van der Waals surface area (Å²) in [5.41, 5.74) is 0.591. The van der Waals surface area contributed by atoms with Crippen molar-refractivity contribution in [3.05, 3.63) is 11.3 Å². The van der Waals surface area contributed by atoms with Crippen LogP contribution in [0.1, 0.15) is 123 Å². The van der Waals surface area contributed by atoms with Crippen molar-refractivity contribution in [1.82, 2.24) is 0 Å². The molecular weight excluding hydrogens is 364 g/mol. The van der Waals surface area contributed by atoms with Crippen molar-refractivity contribution in [3.8, 4) is 0 Å². The molecule has 2 heterocycles. The van der Waals surface area contributed by atoms with E-state index in [1.807, 2.05) is 0 Å². The Hall–Kier alpha value is -1.32. The van der Waals surface area contributed by atoms with Crippen molar-refractivity contribution in [2.75, 3.05) is 0 Å². The third kappa shape index (κ3) is 8.52. The number of Topliss-reactive ketones (excluding diaryl/α,β-unsaturated/α-hetero) is 1. The van der Waals surface area contributed by atoms with Gasteiger partial charge in [-0.2, -0.15) is 0 Å². The average molecular weight is 407 g/mol. The van der Waals surface area contributed by atoms with Crippen LogP contribution in [0.25, 0.3) is 0 Å². The zero-order valence-electron chi connectivity index (χ0n) is 18.8. The lowest BCUT2D eigenvalue weighted by Crippen LogP contribution is -2.36. The maximum atomic E-state index is 12.6. The third-order valence-electron chi connectivity index (χ3n) is 6.21. The van der Waals surface area contributed by atoms with Crippen LogP contribution in [-0.4, -0.2) is 24.0 Å². The lowest BCUT2D eigenvalue weighted by atomic mass is 9.90. The van der Waals surface area contributed by atoms with Gasteiger partial charge in [-0.15, -0.1) is 0 Å². The fraction of sp³-hybridized carbons (Fsp3) is 0.840. The van der Waals surface area contributed by atoms with Gasteiger partial charge in [0, 0.05) is 18.4 Å². The first-order valence-electron chi connectivity index (χ1n) is 12.3. The van der Waals surface area contributed by atoms with Gasteiger partial charge in [0.25, 0.3) is 0 Å². The minimum absolute atomic E-state index is 0.0994. The van der Waals surface area contributed by atoms with E-state index in [0.29, 0.717) is 18.4 Å². The van der Waals surface area contributed by atoms with Crippen LogP contribution in [0.15, 0.2) is 11.3 Å². The standard InChI is InChI=1S/C25H42O4/c1-3-5-7-9-10-11-13-15-16-20-18-22-23(26)19-21(17-14-12-8-6-4-2)28-24(22)25(27)29-20/h20-21H,3-19H2,1-2H3/t20-,21-/m1/s1. The summed E-state index contributed by atoms with van der Waals surface area (Å²) in [6.07, 6.45) is 18.4. The first-order valence-corrected chi connectivity index (χ1v) is 12.3. The van der Waals surface area contributed by atoms with Crippen molar-refractivity contribution in [3.63, 3.8) is 0 Å². The molecule has 0 aromatic heterocycles. The molecule has 0 aromatic rings. The van der Waals surface area contributed by atoms with Crippen LogP contribution in [0.5, 0.6) is 0 Å². The fourth-order valence-corrected chi connectivity index (χ4v) is 4.39. The maximum absolute atomic E-state index is 12.6. The summed E-state index contributed by atoms with van der Waals surface area (Å²) in [7, 11) is 0. The van der Waals surface area contributed by atoms with Gasteiger partial charge in [-0.1, -0.05) is 84.5 Å². The molecule has 2 rings (SSSR count). The predicted molar refractivity (Wildman–Crippen MR) is 117 cm³/mol. The second-order valence-electron chi connectivity index (χ2n) is 8.87.